The third-order valence-electron chi connectivity index (χ3n) is 5.40. The molecule has 3 N–H and O–H groups in total. The van der Waals surface area contributed by atoms with Gasteiger partial charge < -0.3 is 15.8 Å². The highest BCUT2D eigenvalue weighted by atomic mass is 35.5. The number of rotatable bonds is 4. The molecule has 0 bridgehead atoms. The van der Waals surface area contributed by atoms with Crippen LogP contribution in [0.15, 0.2) is 41.3 Å². The van der Waals surface area contributed by atoms with E-state index >= 15 is 0 Å². The quantitative estimate of drug-likeness (QED) is 0.659. The number of carbonyl (C=O) groups excluding carboxylic acids is 1. The number of halogens is 1. The van der Waals surface area contributed by atoms with Crippen molar-refractivity contribution in [2.24, 2.45) is 12.8 Å². The van der Waals surface area contributed by atoms with Crippen LogP contribution in [0, 0.1) is 0 Å². The summed E-state index contributed by atoms with van der Waals surface area (Å²) in [7, 11) is 1.69. The third-order valence-corrected chi connectivity index (χ3v) is 5.73. The largest absolute Gasteiger partial charge is 0.446 e. The molecule has 2 aromatic heterocycles. The van der Waals surface area contributed by atoms with Gasteiger partial charge in [0.25, 0.3) is 5.56 Å². The Balaban J connectivity index is 1.57. The zero-order chi connectivity index (χ0) is 21.3. The molecule has 0 aliphatic heterocycles. The van der Waals surface area contributed by atoms with Gasteiger partial charge in [0.1, 0.15) is 11.8 Å². The van der Waals surface area contributed by atoms with Crippen LogP contribution in [0.5, 0.6) is 0 Å². The van der Waals surface area contributed by atoms with Gasteiger partial charge >= 0.3 is 6.09 Å². The maximum absolute atomic E-state index is 12.9. The van der Waals surface area contributed by atoms with Crippen molar-refractivity contribution < 1.29 is 9.53 Å². The molecule has 0 spiro atoms. The molecule has 1 aliphatic rings. The molecule has 0 atom stereocenters. The molecule has 1 fully saturated rings. The predicted octanol–water partition coefficient (Wildman–Crippen LogP) is 3.47. The number of pyridine rings is 1. The maximum atomic E-state index is 12.9. The number of carbonyl (C=O) groups is 1. The number of aromatic nitrogens is 3. The highest BCUT2D eigenvalue weighted by molar-refractivity contribution is 6.33. The zero-order valence-corrected chi connectivity index (χ0v) is 17.2. The van der Waals surface area contributed by atoms with Gasteiger partial charge in [-0.15, -0.1) is 0 Å². The van der Waals surface area contributed by atoms with E-state index in [1.807, 2.05) is 18.2 Å². The number of amides is 1. The minimum atomic E-state index is -0.735. The lowest BCUT2D eigenvalue weighted by molar-refractivity contribution is 0.0805. The van der Waals surface area contributed by atoms with E-state index in [0.717, 1.165) is 31.1 Å². The van der Waals surface area contributed by atoms with Crippen molar-refractivity contribution in [3.05, 3.63) is 51.9 Å². The van der Waals surface area contributed by atoms with Gasteiger partial charge in [-0.25, -0.2) is 9.78 Å². The summed E-state index contributed by atoms with van der Waals surface area (Å²) >= 11 is 6.28. The van der Waals surface area contributed by atoms with Crippen LogP contribution in [0.1, 0.15) is 25.7 Å². The molecule has 0 radical (unpaired) electrons. The Morgan fingerprint density at radius 2 is 1.97 bits per heavy atom. The van der Waals surface area contributed by atoms with Gasteiger partial charge in [-0.05, 0) is 37.8 Å². The third kappa shape index (κ3) is 4.09. The number of primary amides is 1. The first-order chi connectivity index (χ1) is 14.4. The molecule has 2 heterocycles. The molecular weight excluding hydrogens is 406 g/mol. The van der Waals surface area contributed by atoms with E-state index in [-0.39, 0.29) is 17.7 Å². The average Bonchev–Trinajstić information content (AvgIpc) is 2.73. The van der Waals surface area contributed by atoms with Crippen molar-refractivity contribution in [2.45, 2.75) is 37.8 Å². The number of benzene rings is 1. The fourth-order valence-electron chi connectivity index (χ4n) is 3.86. The minimum Gasteiger partial charge on any atom is -0.446 e. The summed E-state index contributed by atoms with van der Waals surface area (Å²) in [4.78, 5) is 32.8. The summed E-state index contributed by atoms with van der Waals surface area (Å²) in [6.45, 7) is 0. The van der Waals surface area contributed by atoms with Gasteiger partial charge in [-0.1, -0.05) is 29.8 Å². The van der Waals surface area contributed by atoms with Gasteiger partial charge in [0.05, 0.1) is 0 Å². The molecule has 156 valence electrons. The molecule has 0 unspecified atom stereocenters. The van der Waals surface area contributed by atoms with Crippen molar-refractivity contribution in [1.82, 2.24) is 14.5 Å². The number of ether oxygens (including phenoxy) is 1. The summed E-state index contributed by atoms with van der Waals surface area (Å²) in [5.74, 6) is 0.460. The van der Waals surface area contributed by atoms with E-state index in [1.165, 1.54) is 4.57 Å². The number of aryl methyl sites for hydroxylation is 1. The summed E-state index contributed by atoms with van der Waals surface area (Å²) in [5, 5.41) is 4.58. The number of nitrogens with two attached hydrogens (primary N) is 1. The Labute approximate surface area is 178 Å². The molecule has 30 heavy (non-hydrogen) atoms. The van der Waals surface area contributed by atoms with Gasteiger partial charge in [-0.3, -0.25) is 9.36 Å². The Morgan fingerprint density at radius 1 is 1.23 bits per heavy atom. The first kappa shape index (κ1) is 20.2. The smallest absolute Gasteiger partial charge is 0.404 e. The monoisotopic (exact) mass is 427 g/mol. The van der Waals surface area contributed by atoms with Gasteiger partial charge in [-0.2, -0.15) is 4.98 Å². The molecule has 1 saturated carbocycles. The normalized spacial score (nSPS) is 18.9. The van der Waals surface area contributed by atoms with Gasteiger partial charge in [0.15, 0.2) is 0 Å². The zero-order valence-electron chi connectivity index (χ0n) is 16.5. The van der Waals surface area contributed by atoms with E-state index in [0.29, 0.717) is 27.7 Å². The first-order valence-electron chi connectivity index (χ1n) is 9.76. The van der Waals surface area contributed by atoms with Crippen LogP contribution in [0.4, 0.5) is 10.7 Å². The lowest BCUT2D eigenvalue weighted by Crippen LogP contribution is -2.32. The Hall–Kier alpha value is -3.13. The number of hydrogen-bond acceptors (Lipinski definition) is 6. The van der Waals surface area contributed by atoms with E-state index in [9.17, 15) is 9.59 Å². The van der Waals surface area contributed by atoms with E-state index in [1.54, 1.807) is 25.4 Å². The molecule has 1 aliphatic carbocycles. The standard InChI is InChI=1S/C21H22ClN5O3/c1-27-18-12(10-16(19(27)28)15-4-2-3-5-17(15)22)11-24-21(26-18)25-13-6-8-14(9-7-13)30-20(23)29/h2-5,10-11,13-14H,6-9H2,1H3,(H2,23,29)(H,24,25,26). The Morgan fingerprint density at radius 3 is 2.67 bits per heavy atom. The van der Waals surface area contributed by atoms with Crippen LogP contribution in [0.3, 0.4) is 0 Å². The predicted molar refractivity (Wildman–Crippen MR) is 116 cm³/mol. The fraction of sp³-hybridized carbons (Fsp3) is 0.333. The fourth-order valence-corrected chi connectivity index (χ4v) is 4.10. The lowest BCUT2D eigenvalue weighted by Gasteiger charge is -2.28. The van der Waals surface area contributed by atoms with Crippen LogP contribution in [0.2, 0.25) is 5.02 Å². The van der Waals surface area contributed by atoms with Crippen molar-refractivity contribution >= 4 is 34.7 Å². The van der Waals surface area contributed by atoms with Crippen LogP contribution < -0.4 is 16.6 Å². The molecule has 1 amide bonds. The van der Waals surface area contributed by atoms with Crippen LogP contribution in [-0.4, -0.2) is 32.8 Å². The van der Waals surface area contributed by atoms with E-state index < -0.39 is 6.09 Å². The summed E-state index contributed by atoms with van der Waals surface area (Å²) in [5.41, 5.74) is 6.64. The van der Waals surface area contributed by atoms with Gasteiger partial charge in [0, 0.05) is 40.8 Å². The van der Waals surface area contributed by atoms with Crippen molar-refractivity contribution in [3.63, 3.8) is 0 Å². The number of nitrogens with zero attached hydrogens (tertiary/aromatic N) is 3. The number of nitrogens with one attached hydrogen (secondary N) is 1. The average molecular weight is 428 g/mol. The second-order valence-electron chi connectivity index (χ2n) is 7.43. The topological polar surface area (TPSA) is 112 Å². The minimum absolute atomic E-state index is 0.137. The summed E-state index contributed by atoms with van der Waals surface area (Å²) < 4.78 is 6.58. The molecule has 1 aromatic carbocycles. The number of anilines is 1. The Kier molecular flexibility index (Phi) is 5.59. The highest BCUT2D eigenvalue weighted by Gasteiger charge is 2.24. The second-order valence-corrected chi connectivity index (χ2v) is 7.84. The van der Waals surface area contributed by atoms with Crippen LogP contribution in [0.25, 0.3) is 22.2 Å². The molecule has 4 rings (SSSR count). The molecule has 0 saturated heterocycles. The molecule has 3 aromatic rings. The van der Waals surface area contributed by atoms with E-state index in [2.05, 4.69) is 15.3 Å². The second kappa shape index (κ2) is 8.31. The van der Waals surface area contributed by atoms with Crippen molar-refractivity contribution in [2.75, 3.05) is 5.32 Å². The van der Waals surface area contributed by atoms with Crippen LogP contribution >= 0.6 is 11.6 Å². The van der Waals surface area contributed by atoms with Crippen molar-refractivity contribution in [3.8, 4) is 11.1 Å². The Bertz CT molecular complexity index is 1160. The molecule has 8 nitrogen and oxygen atoms in total. The van der Waals surface area contributed by atoms with Crippen LogP contribution in [-0.2, 0) is 11.8 Å². The van der Waals surface area contributed by atoms with Gasteiger partial charge in [0.2, 0.25) is 5.95 Å². The first-order valence-corrected chi connectivity index (χ1v) is 10.1. The molecular formula is C21H22ClN5O3. The van der Waals surface area contributed by atoms with E-state index in [4.69, 9.17) is 22.1 Å². The number of fused-ring (bicyclic) bond motifs is 1. The maximum Gasteiger partial charge on any atom is 0.404 e. The molecule has 9 heteroatoms. The van der Waals surface area contributed by atoms with Crippen molar-refractivity contribution in [1.29, 1.82) is 0 Å². The highest BCUT2D eigenvalue weighted by Crippen LogP contribution is 2.27. The summed E-state index contributed by atoms with van der Waals surface area (Å²) in [6.07, 6.45) is 3.91. The SMILES string of the molecule is Cn1c(=O)c(-c2ccccc2Cl)cc2cnc(NC3CCC(OC(N)=O)CC3)nc21. The summed E-state index contributed by atoms with van der Waals surface area (Å²) in [6, 6.07) is 9.18. The lowest BCUT2D eigenvalue weighted by atomic mass is 9.93. The number of hydrogen-bond donors (Lipinski definition) is 2.